The second kappa shape index (κ2) is 17.2. The highest BCUT2D eigenvalue weighted by molar-refractivity contribution is 5.92. The fraction of sp³-hybridized carbons (Fsp3) is 0.316. The molecule has 0 radical (unpaired) electrons. The van der Waals surface area contributed by atoms with Crippen molar-refractivity contribution in [1.82, 2.24) is 19.1 Å². The number of halogens is 2. The highest BCUT2D eigenvalue weighted by Gasteiger charge is 2.30. The first-order chi connectivity index (χ1) is 26.4. The van der Waals surface area contributed by atoms with E-state index in [1.165, 1.54) is 44.6 Å². The van der Waals surface area contributed by atoms with Crippen LogP contribution >= 0.6 is 0 Å². The van der Waals surface area contributed by atoms with Gasteiger partial charge in [-0.05, 0) is 33.0 Å². The molecule has 294 valence electrons. The van der Waals surface area contributed by atoms with Gasteiger partial charge in [-0.15, -0.1) is 0 Å². The summed E-state index contributed by atoms with van der Waals surface area (Å²) in [6.07, 6.45) is 3.11. The Balaban J connectivity index is 0.000000238. The molecule has 4 heterocycles. The number of ether oxygens (including phenoxy) is 3. The summed E-state index contributed by atoms with van der Waals surface area (Å²) in [5.41, 5.74) is 12.0. The maximum absolute atomic E-state index is 14.4. The van der Waals surface area contributed by atoms with Crippen LogP contribution in [-0.4, -0.2) is 91.5 Å². The molecular weight excluding hydrogens is 736 g/mol. The van der Waals surface area contributed by atoms with Crippen LogP contribution in [0.4, 0.5) is 8.78 Å². The molecule has 56 heavy (non-hydrogen) atoms. The van der Waals surface area contributed by atoms with E-state index in [1.54, 1.807) is 16.1 Å². The number of aliphatic hydroxyl groups is 2. The van der Waals surface area contributed by atoms with Crippen molar-refractivity contribution in [2.75, 3.05) is 27.4 Å². The number of nitrogens with zero attached hydrogens (tertiary/aromatic N) is 4. The molecule has 2 unspecified atom stereocenters. The monoisotopic (exact) mass is 775 g/mol. The van der Waals surface area contributed by atoms with Gasteiger partial charge in [-0.3, -0.25) is 14.4 Å². The van der Waals surface area contributed by atoms with E-state index < -0.39 is 46.4 Å². The fourth-order valence-corrected chi connectivity index (χ4v) is 5.28. The van der Waals surface area contributed by atoms with Crippen LogP contribution in [0.15, 0.2) is 36.7 Å². The largest absolute Gasteiger partial charge is 0.491 e. The van der Waals surface area contributed by atoms with Gasteiger partial charge in [-0.2, -0.15) is 0 Å². The molecule has 2 aromatic heterocycles. The fourth-order valence-electron chi connectivity index (χ4n) is 5.28. The van der Waals surface area contributed by atoms with E-state index in [-0.39, 0.29) is 53.6 Å². The van der Waals surface area contributed by atoms with Crippen molar-refractivity contribution in [1.29, 1.82) is 0 Å². The average molecular weight is 776 g/mol. The Morgan fingerprint density at radius 2 is 1.21 bits per heavy atom. The number of hydrogen-bond acceptors (Lipinski definition) is 12. The predicted molar refractivity (Wildman–Crippen MR) is 196 cm³/mol. The summed E-state index contributed by atoms with van der Waals surface area (Å²) in [5.74, 6) is 6.78. The van der Waals surface area contributed by atoms with Crippen LogP contribution in [0.2, 0.25) is 0 Å². The molecule has 0 bridgehead atoms. The van der Waals surface area contributed by atoms with Crippen LogP contribution in [0.25, 0.3) is 22.8 Å². The number of amides is 2. The zero-order valence-electron chi connectivity index (χ0n) is 31.0. The molecule has 2 aliphatic rings. The lowest BCUT2D eigenvalue weighted by atomic mass is 9.99. The molecule has 4 aromatic rings. The summed E-state index contributed by atoms with van der Waals surface area (Å²) in [5, 5.41) is 20.1. The van der Waals surface area contributed by atoms with Gasteiger partial charge in [0.25, 0.3) is 11.8 Å². The zero-order valence-corrected chi connectivity index (χ0v) is 31.0. The third-order valence-corrected chi connectivity index (χ3v) is 8.19. The Morgan fingerprint density at radius 3 is 1.59 bits per heavy atom. The van der Waals surface area contributed by atoms with E-state index in [1.807, 2.05) is 0 Å². The molecule has 0 saturated carbocycles. The quantitative estimate of drug-likeness (QED) is 0.142. The third kappa shape index (κ3) is 9.19. The number of esters is 1. The summed E-state index contributed by atoms with van der Waals surface area (Å²) >= 11 is 0. The number of aromatic nitrogens is 4. The molecular formula is C38H39F2N7O9. The first-order valence-electron chi connectivity index (χ1n) is 16.8. The topological polar surface area (TPSA) is 250 Å². The number of primary amides is 2. The van der Waals surface area contributed by atoms with Crippen LogP contribution in [0.1, 0.15) is 59.3 Å². The molecule has 18 heteroatoms. The van der Waals surface area contributed by atoms with Gasteiger partial charge >= 0.3 is 5.97 Å². The molecule has 0 fully saturated rings. The minimum Gasteiger partial charge on any atom is -0.491 e. The lowest BCUT2D eigenvalue weighted by Gasteiger charge is -2.13. The Hall–Kier alpha value is -6.60. The van der Waals surface area contributed by atoms with Gasteiger partial charge in [0, 0.05) is 30.9 Å². The van der Waals surface area contributed by atoms with E-state index in [9.17, 15) is 38.2 Å². The van der Waals surface area contributed by atoms with Crippen molar-refractivity contribution >= 4 is 23.6 Å². The van der Waals surface area contributed by atoms with Crippen molar-refractivity contribution in [2.24, 2.45) is 17.2 Å². The Kier molecular flexibility index (Phi) is 13.0. The van der Waals surface area contributed by atoms with Crippen molar-refractivity contribution in [2.45, 2.75) is 51.5 Å². The first-order valence-corrected chi connectivity index (χ1v) is 16.8. The molecule has 0 spiro atoms. The number of nitrogens with two attached hydrogens (primary N) is 3. The van der Waals surface area contributed by atoms with Crippen LogP contribution in [0.3, 0.4) is 0 Å². The molecule has 6 rings (SSSR count). The lowest BCUT2D eigenvalue weighted by molar-refractivity contribution is -0.154. The zero-order chi connectivity index (χ0) is 41.5. The van der Waals surface area contributed by atoms with Gasteiger partial charge in [-0.25, -0.2) is 23.5 Å². The van der Waals surface area contributed by atoms with Gasteiger partial charge in [0.1, 0.15) is 59.4 Å². The predicted octanol–water partition coefficient (Wildman–Crippen LogP) is 1.29. The molecule has 2 amide bonds. The Bertz CT molecular complexity index is 2160. The van der Waals surface area contributed by atoms with Crippen molar-refractivity contribution in [3.05, 3.63) is 70.8 Å². The second-order valence-electron chi connectivity index (χ2n) is 12.3. The lowest BCUT2D eigenvalue weighted by Crippen LogP contribution is -2.34. The number of fused-ring (bicyclic) bond motifs is 6. The van der Waals surface area contributed by atoms with Gasteiger partial charge in [0.15, 0.2) is 11.4 Å². The summed E-state index contributed by atoms with van der Waals surface area (Å²) in [7, 11) is 2.61. The number of hydrogen-bond donors (Lipinski definition) is 5. The summed E-state index contributed by atoms with van der Waals surface area (Å²) in [6, 6.07) is 5.10. The van der Waals surface area contributed by atoms with Gasteiger partial charge in [0.05, 0.1) is 42.5 Å². The molecule has 8 N–H and O–H groups in total. The third-order valence-electron chi connectivity index (χ3n) is 8.19. The number of benzene rings is 2. The van der Waals surface area contributed by atoms with Gasteiger partial charge < -0.3 is 50.8 Å². The Morgan fingerprint density at radius 1 is 0.804 bits per heavy atom. The van der Waals surface area contributed by atoms with Crippen LogP contribution in [0, 0.1) is 35.3 Å². The molecule has 0 aliphatic carbocycles. The number of carbonyl (C=O) groups excluding carboxylic acids is 4. The summed E-state index contributed by atoms with van der Waals surface area (Å²) in [6.45, 7) is 5.32. The van der Waals surface area contributed by atoms with Crippen LogP contribution in [0.5, 0.6) is 11.5 Å². The number of Topliss-reactive ketones (excluding diaryl/α,β-unsaturated/α-hetero) is 1. The van der Waals surface area contributed by atoms with Crippen molar-refractivity contribution in [3.8, 4) is 58.0 Å². The molecule has 2 aliphatic heterocycles. The highest BCUT2D eigenvalue weighted by atomic mass is 19.1. The number of imidazole rings is 2. The van der Waals surface area contributed by atoms with Crippen molar-refractivity contribution in [3.63, 3.8) is 0 Å². The molecule has 16 nitrogen and oxygen atoms in total. The van der Waals surface area contributed by atoms with E-state index in [0.717, 1.165) is 20.1 Å². The maximum atomic E-state index is 14.4. The average Bonchev–Trinajstić information content (AvgIpc) is 3.71. The highest BCUT2D eigenvalue weighted by Crippen LogP contribution is 2.35. The van der Waals surface area contributed by atoms with E-state index in [0.29, 0.717) is 35.9 Å². The smallest absolute Gasteiger partial charge is 0.350 e. The maximum Gasteiger partial charge on any atom is 0.350 e. The first kappa shape index (κ1) is 42.1. The van der Waals surface area contributed by atoms with E-state index >= 15 is 0 Å². The minimum absolute atomic E-state index is 0.0291. The van der Waals surface area contributed by atoms with Crippen LogP contribution < -0.4 is 26.7 Å². The van der Waals surface area contributed by atoms with E-state index in [2.05, 4.69) is 44.1 Å². The van der Waals surface area contributed by atoms with Crippen LogP contribution in [-0.2, 0) is 27.4 Å². The number of methoxy groups -OCH3 is 1. The second-order valence-corrected chi connectivity index (χ2v) is 12.3. The minimum atomic E-state index is -2.10. The molecule has 2 atom stereocenters. The summed E-state index contributed by atoms with van der Waals surface area (Å²) in [4.78, 5) is 54.4. The standard InChI is InChI=1S/C19H18FN3O4.C18H16FN3O5.CH5N/c1-3-16(24)19(2,26)5-4-11-8-12-15(9-13(11)20)27-7-6-23-10-14(17(21)25)22-18(12)23;1-18(25,17(24)26-2)4-3-10-7-11-14(8-12(10)19)27-6-5-22-9-13(15(20)23)21-16(11)22;1-2/h8-10,26H,3,6-7H2,1-2H3,(H2,21,25);7-9,25H,5-6H2,1-2H3,(H2,20,23);2H2,1H3. The number of carbonyl (C=O) groups is 4. The van der Waals surface area contributed by atoms with Gasteiger partial charge in [0.2, 0.25) is 5.60 Å². The molecule has 0 saturated heterocycles. The summed E-state index contributed by atoms with van der Waals surface area (Å²) < 4.78 is 47.7. The van der Waals surface area contributed by atoms with Gasteiger partial charge in [-0.1, -0.05) is 30.6 Å². The van der Waals surface area contributed by atoms with E-state index in [4.69, 9.17) is 20.9 Å². The molecule has 2 aromatic carbocycles. The normalized spacial score (nSPS) is 14.0. The SMILES string of the molecule is CCC(=O)C(C)(O)C#Cc1cc2c(cc1F)OCCn1cc(C(N)=O)nc1-2.CN.COC(=O)C(C)(O)C#Cc1cc2c(cc1F)OCCn1cc(C(N)=O)nc1-2. The Labute approximate surface area is 319 Å². The number of rotatable bonds is 5. The van der Waals surface area contributed by atoms with Crippen molar-refractivity contribution < 1.29 is 52.4 Å². The number of ketones is 1.